The molecule has 0 aromatic heterocycles. The number of ether oxygens (including phenoxy) is 5. The number of benzene rings is 3. The van der Waals surface area contributed by atoms with Gasteiger partial charge in [0, 0.05) is 30.7 Å². The predicted molar refractivity (Wildman–Crippen MR) is 167 cm³/mol. The molecule has 4 heterocycles. The Morgan fingerprint density at radius 3 is 2.23 bits per heavy atom. The molecule has 1 unspecified atom stereocenters. The summed E-state index contributed by atoms with van der Waals surface area (Å²) in [6.45, 7) is 1.95. The highest BCUT2D eigenvalue weighted by Gasteiger charge is 2.36. The molecule has 5 aliphatic rings. The molecule has 0 spiro atoms. The third-order valence-corrected chi connectivity index (χ3v) is 9.55. The van der Waals surface area contributed by atoms with E-state index in [1.807, 2.05) is 6.07 Å². The smallest absolute Gasteiger partial charge is 0.203 e. The minimum atomic E-state index is -0.181. The van der Waals surface area contributed by atoms with Crippen LogP contribution in [0.3, 0.4) is 0 Å². The summed E-state index contributed by atoms with van der Waals surface area (Å²) >= 11 is 0. The summed E-state index contributed by atoms with van der Waals surface area (Å²) in [5.41, 5.74) is 7.58. The van der Waals surface area contributed by atoms with Crippen LogP contribution in [0, 0.1) is 0 Å². The molecule has 1 saturated heterocycles. The minimum Gasteiger partial charge on any atom is -0.493 e. The van der Waals surface area contributed by atoms with E-state index in [1.54, 1.807) is 21.3 Å². The molecule has 224 valence electrons. The van der Waals surface area contributed by atoms with Gasteiger partial charge in [-0.25, -0.2) is 0 Å². The molecule has 3 atom stereocenters. The number of likely N-dealkylation sites (N-methyl/N-ethyl adjacent to an activating group) is 2. The summed E-state index contributed by atoms with van der Waals surface area (Å²) in [4.78, 5) is 4.88. The molecular weight excluding hydrogens is 540 g/mol. The number of fused-ring (bicyclic) bond motifs is 2. The van der Waals surface area contributed by atoms with E-state index in [2.05, 4.69) is 78.5 Å². The van der Waals surface area contributed by atoms with E-state index in [1.165, 1.54) is 27.8 Å². The highest BCUT2D eigenvalue weighted by Crippen LogP contribution is 2.50. The number of rotatable bonds is 3. The van der Waals surface area contributed by atoms with Crippen molar-refractivity contribution in [2.75, 3.05) is 48.5 Å². The second-order valence-corrected chi connectivity index (χ2v) is 12.0. The van der Waals surface area contributed by atoms with Crippen LogP contribution in [-0.4, -0.2) is 70.5 Å². The Morgan fingerprint density at radius 1 is 0.744 bits per heavy atom. The van der Waals surface area contributed by atoms with Crippen LogP contribution in [0.5, 0.6) is 34.5 Å². The molecule has 7 heteroatoms. The van der Waals surface area contributed by atoms with Crippen molar-refractivity contribution >= 4 is 0 Å². The fourth-order valence-corrected chi connectivity index (χ4v) is 7.18. The van der Waals surface area contributed by atoms with Crippen LogP contribution in [0.1, 0.15) is 34.7 Å². The Bertz CT molecular complexity index is 1590. The Hall–Kier alpha value is -3.94. The van der Waals surface area contributed by atoms with E-state index in [9.17, 15) is 0 Å². The fourth-order valence-electron chi connectivity index (χ4n) is 7.18. The first-order valence-electron chi connectivity index (χ1n) is 15.2. The predicted octanol–water partition coefficient (Wildman–Crippen LogP) is 6.15. The molecule has 6 bridgehead atoms. The molecule has 4 aliphatic heterocycles. The lowest BCUT2D eigenvalue weighted by molar-refractivity contribution is 0.208. The number of hydrogen-bond acceptors (Lipinski definition) is 7. The standard InChI is InChI=1S/C36H40N2O5/c1-37-14-12-24-19-27-21-28(24)29(37)16-22-6-9-26(10-7-22)42-32-18-23(8-11-31(32)39-3)17-30-34-25(13-15-38(30)2)20-33(40-4)35(41-5)36(34)43-27/h6-11,18-21,27,29-30H,12-17H2,1-5H3/t27?,29-,30-/m0/s1. The maximum Gasteiger partial charge on any atom is 0.203 e. The molecule has 1 aliphatic carbocycles. The molecule has 7 nitrogen and oxygen atoms in total. The third-order valence-electron chi connectivity index (χ3n) is 9.55. The molecule has 43 heavy (non-hydrogen) atoms. The molecule has 8 rings (SSSR count). The highest BCUT2D eigenvalue weighted by molar-refractivity contribution is 5.62. The molecule has 3 aromatic carbocycles. The number of hydrogen-bond donors (Lipinski definition) is 0. The van der Waals surface area contributed by atoms with Crippen molar-refractivity contribution in [2.45, 2.75) is 43.9 Å². The first kappa shape index (κ1) is 27.9. The normalized spacial score (nSPS) is 23.1. The van der Waals surface area contributed by atoms with Gasteiger partial charge >= 0.3 is 0 Å². The highest BCUT2D eigenvalue weighted by atomic mass is 16.5. The van der Waals surface area contributed by atoms with Crippen molar-refractivity contribution in [3.8, 4) is 34.5 Å². The molecule has 0 N–H and O–H groups in total. The topological polar surface area (TPSA) is 52.6 Å². The largest absolute Gasteiger partial charge is 0.493 e. The molecule has 0 radical (unpaired) electrons. The average Bonchev–Trinajstić information content (AvgIpc) is 3.43. The lowest BCUT2D eigenvalue weighted by Gasteiger charge is -2.37. The van der Waals surface area contributed by atoms with E-state index in [0.717, 1.165) is 55.8 Å². The van der Waals surface area contributed by atoms with Gasteiger partial charge in [-0.2, -0.15) is 0 Å². The zero-order valence-corrected chi connectivity index (χ0v) is 25.7. The van der Waals surface area contributed by atoms with Crippen LogP contribution < -0.4 is 23.7 Å². The number of likely N-dealkylation sites (tertiary alicyclic amines) is 1. The van der Waals surface area contributed by atoms with Crippen molar-refractivity contribution in [1.29, 1.82) is 0 Å². The van der Waals surface area contributed by atoms with Crippen molar-refractivity contribution in [3.05, 3.63) is 94.1 Å². The Morgan fingerprint density at radius 2 is 1.47 bits per heavy atom. The average molecular weight is 581 g/mol. The quantitative estimate of drug-likeness (QED) is 0.368. The molecule has 0 amide bonds. The van der Waals surface area contributed by atoms with Gasteiger partial charge < -0.3 is 23.7 Å². The van der Waals surface area contributed by atoms with E-state index in [4.69, 9.17) is 23.7 Å². The van der Waals surface area contributed by atoms with Crippen LogP contribution in [-0.2, 0) is 19.3 Å². The van der Waals surface area contributed by atoms with Crippen molar-refractivity contribution < 1.29 is 23.7 Å². The second kappa shape index (κ2) is 11.3. The van der Waals surface area contributed by atoms with E-state index in [0.29, 0.717) is 23.0 Å². The lowest BCUT2D eigenvalue weighted by Crippen LogP contribution is -2.40. The Labute approximate surface area is 254 Å². The van der Waals surface area contributed by atoms with Gasteiger partial charge in [0.2, 0.25) is 5.75 Å². The van der Waals surface area contributed by atoms with Crippen LogP contribution >= 0.6 is 0 Å². The summed E-state index contributed by atoms with van der Waals surface area (Å²) < 4.78 is 31.0. The zero-order valence-electron chi connectivity index (χ0n) is 25.7. The second-order valence-electron chi connectivity index (χ2n) is 12.0. The van der Waals surface area contributed by atoms with Gasteiger partial charge in [-0.05, 0) is 110 Å². The summed E-state index contributed by atoms with van der Waals surface area (Å²) in [5.74, 6) is 4.34. The maximum atomic E-state index is 7.00. The SMILES string of the molecule is COc1ccc2cc1Oc1ccc(cc1)C[C@H]1C3=CC(C=C3CCN1C)Oc1c(OC)c(OC)cc3c1[C@H](C2)N(C)CC3. The van der Waals surface area contributed by atoms with Gasteiger partial charge in [0.25, 0.3) is 0 Å². The number of nitrogens with zero attached hydrogens (tertiary/aromatic N) is 2. The van der Waals surface area contributed by atoms with Gasteiger partial charge in [-0.1, -0.05) is 18.2 Å². The first-order chi connectivity index (χ1) is 20.9. The van der Waals surface area contributed by atoms with E-state index < -0.39 is 0 Å². The van der Waals surface area contributed by atoms with Gasteiger partial charge in [0.05, 0.1) is 21.3 Å². The Balaban J connectivity index is 1.41. The monoisotopic (exact) mass is 580 g/mol. The van der Waals surface area contributed by atoms with E-state index >= 15 is 0 Å². The van der Waals surface area contributed by atoms with Gasteiger partial charge in [-0.15, -0.1) is 0 Å². The molecular formula is C36H40N2O5. The van der Waals surface area contributed by atoms with Crippen LogP contribution in [0.25, 0.3) is 0 Å². The van der Waals surface area contributed by atoms with Gasteiger partial charge in [-0.3, -0.25) is 9.80 Å². The van der Waals surface area contributed by atoms with Gasteiger partial charge in [0.1, 0.15) is 11.9 Å². The summed E-state index contributed by atoms with van der Waals surface area (Å²) in [5, 5.41) is 0. The summed E-state index contributed by atoms with van der Waals surface area (Å²) in [7, 11) is 9.50. The summed E-state index contributed by atoms with van der Waals surface area (Å²) in [6, 6.07) is 17.2. The fraction of sp³-hybridized carbons (Fsp3) is 0.389. The summed E-state index contributed by atoms with van der Waals surface area (Å²) in [6.07, 6.45) is 8.05. The van der Waals surface area contributed by atoms with E-state index in [-0.39, 0.29) is 18.2 Å². The van der Waals surface area contributed by atoms with Crippen molar-refractivity contribution in [1.82, 2.24) is 9.80 Å². The number of methoxy groups -OCH3 is 3. The third kappa shape index (κ3) is 5.04. The van der Waals surface area contributed by atoms with Gasteiger partial charge in [0.15, 0.2) is 23.0 Å². The molecule has 1 fully saturated rings. The molecule has 0 saturated carbocycles. The number of piperidine rings is 1. The minimum absolute atomic E-state index is 0.0702. The maximum absolute atomic E-state index is 7.00. The zero-order chi connectivity index (χ0) is 29.7. The molecule has 3 aromatic rings. The van der Waals surface area contributed by atoms with Crippen LogP contribution in [0.15, 0.2) is 71.8 Å². The van der Waals surface area contributed by atoms with Crippen molar-refractivity contribution in [2.24, 2.45) is 0 Å². The first-order valence-corrected chi connectivity index (χ1v) is 15.2. The Kier molecular flexibility index (Phi) is 7.31. The van der Waals surface area contributed by atoms with Crippen molar-refractivity contribution in [3.63, 3.8) is 0 Å². The van der Waals surface area contributed by atoms with Crippen LogP contribution in [0.2, 0.25) is 0 Å². The lowest BCUT2D eigenvalue weighted by atomic mass is 9.87. The van der Waals surface area contributed by atoms with Crippen LogP contribution in [0.4, 0.5) is 0 Å².